The van der Waals surface area contributed by atoms with Crippen molar-refractivity contribution in [3.8, 4) is 0 Å². The summed E-state index contributed by atoms with van der Waals surface area (Å²) in [4.78, 5) is 18.6. The molecule has 4 nitrogen and oxygen atoms in total. The highest BCUT2D eigenvalue weighted by Gasteiger charge is 2.19. The van der Waals surface area contributed by atoms with Crippen molar-refractivity contribution < 1.29 is 4.79 Å². The summed E-state index contributed by atoms with van der Waals surface area (Å²) >= 11 is 1.67. The summed E-state index contributed by atoms with van der Waals surface area (Å²) < 4.78 is 0. The summed E-state index contributed by atoms with van der Waals surface area (Å²) in [5, 5.41) is 3.10. The van der Waals surface area contributed by atoms with Crippen LogP contribution in [0, 0.1) is 5.92 Å². The summed E-state index contributed by atoms with van der Waals surface area (Å²) in [7, 11) is 0. The van der Waals surface area contributed by atoms with Crippen LogP contribution >= 0.6 is 11.8 Å². The lowest BCUT2D eigenvalue weighted by Gasteiger charge is -2.33. The SMILES string of the molecule is O=C(CSCc1ccccc1)NCC1CCN(c2cccnc2)CC1. The zero-order chi connectivity index (χ0) is 17.3. The monoisotopic (exact) mass is 355 g/mol. The van der Waals surface area contributed by atoms with Gasteiger partial charge in [-0.25, -0.2) is 0 Å². The molecule has 1 fully saturated rings. The first kappa shape index (κ1) is 17.8. The highest BCUT2D eigenvalue weighted by atomic mass is 32.2. The molecule has 0 aliphatic carbocycles. The quantitative estimate of drug-likeness (QED) is 0.827. The predicted molar refractivity (Wildman–Crippen MR) is 105 cm³/mol. The molecule has 0 bridgehead atoms. The first-order chi connectivity index (χ1) is 12.3. The number of amides is 1. The molecule has 2 aromatic rings. The number of hydrogen-bond donors (Lipinski definition) is 1. The standard InChI is InChI=1S/C20H25N3OS/c24-20(16-25-15-18-5-2-1-3-6-18)22-13-17-8-11-23(12-9-17)19-7-4-10-21-14-19/h1-7,10,14,17H,8-9,11-13,15-16H2,(H,22,24). The van der Waals surface area contributed by atoms with Crippen molar-refractivity contribution in [3.63, 3.8) is 0 Å². The van der Waals surface area contributed by atoms with E-state index in [0.717, 1.165) is 38.2 Å². The van der Waals surface area contributed by atoms with Gasteiger partial charge >= 0.3 is 0 Å². The van der Waals surface area contributed by atoms with E-state index in [2.05, 4.69) is 33.4 Å². The van der Waals surface area contributed by atoms with Gasteiger partial charge in [0, 0.05) is 31.6 Å². The van der Waals surface area contributed by atoms with Crippen LogP contribution in [0.25, 0.3) is 0 Å². The van der Waals surface area contributed by atoms with Gasteiger partial charge in [0.1, 0.15) is 0 Å². The number of aromatic nitrogens is 1. The number of pyridine rings is 1. The van der Waals surface area contributed by atoms with Gasteiger partial charge in [-0.2, -0.15) is 0 Å². The fraction of sp³-hybridized carbons (Fsp3) is 0.400. The number of benzene rings is 1. The summed E-state index contributed by atoms with van der Waals surface area (Å²) in [6, 6.07) is 14.4. The fourth-order valence-corrected chi connectivity index (χ4v) is 3.90. The number of nitrogens with zero attached hydrogens (tertiary/aromatic N) is 2. The molecule has 1 aromatic heterocycles. The number of hydrogen-bond acceptors (Lipinski definition) is 4. The number of anilines is 1. The molecular formula is C20H25N3OS. The summed E-state index contributed by atoms with van der Waals surface area (Å²) in [6.07, 6.45) is 5.96. The molecule has 1 aliphatic heterocycles. The summed E-state index contributed by atoms with van der Waals surface area (Å²) in [5.74, 6) is 2.15. The van der Waals surface area contributed by atoms with Gasteiger partial charge in [-0.05, 0) is 36.5 Å². The molecule has 5 heteroatoms. The zero-order valence-corrected chi connectivity index (χ0v) is 15.3. The Bertz CT molecular complexity index is 643. The van der Waals surface area contributed by atoms with Crippen LogP contribution in [0.4, 0.5) is 5.69 Å². The van der Waals surface area contributed by atoms with Gasteiger partial charge < -0.3 is 10.2 Å². The first-order valence-corrected chi connectivity index (χ1v) is 10.00. The van der Waals surface area contributed by atoms with E-state index in [1.54, 1.807) is 11.8 Å². The van der Waals surface area contributed by atoms with Gasteiger partial charge in [-0.1, -0.05) is 30.3 Å². The Morgan fingerprint density at radius 3 is 2.68 bits per heavy atom. The summed E-state index contributed by atoms with van der Waals surface area (Å²) in [5.41, 5.74) is 2.46. The maximum Gasteiger partial charge on any atom is 0.230 e. The fourth-order valence-electron chi connectivity index (χ4n) is 3.08. The Morgan fingerprint density at radius 1 is 1.16 bits per heavy atom. The number of piperidine rings is 1. The minimum atomic E-state index is 0.149. The third-order valence-electron chi connectivity index (χ3n) is 4.56. The smallest absolute Gasteiger partial charge is 0.230 e. The molecule has 0 unspecified atom stereocenters. The third-order valence-corrected chi connectivity index (χ3v) is 5.56. The van der Waals surface area contributed by atoms with Crippen molar-refractivity contribution in [3.05, 3.63) is 60.4 Å². The van der Waals surface area contributed by atoms with Crippen LogP contribution in [0.3, 0.4) is 0 Å². The highest BCUT2D eigenvalue weighted by Crippen LogP contribution is 2.22. The highest BCUT2D eigenvalue weighted by molar-refractivity contribution is 7.99. The minimum absolute atomic E-state index is 0.149. The van der Waals surface area contributed by atoms with Crippen molar-refractivity contribution in [2.45, 2.75) is 18.6 Å². The molecular weight excluding hydrogens is 330 g/mol. The van der Waals surface area contributed by atoms with Crippen LogP contribution in [-0.4, -0.2) is 36.3 Å². The molecule has 2 heterocycles. The van der Waals surface area contributed by atoms with E-state index < -0.39 is 0 Å². The van der Waals surface area contributed by atoms with Gasteiger partial charge in [0.15, 0.2) is 0 Å². The van der Waals surface area contributed by atoms with Crippen molar-refractivity contribution >= 4 is 23.4 Å². The summed E-state index contributed by atoms with van der Waals surface area (Å²) in [6.45, 7) is 2.87. The largest absolute Gasteiger partial charge is 0.370 e. The van der Waals surface area contributed by atoms with Gasteiger partial charge in [0.25, 0.3) is 0 Å². The second-order valence-electron chi connectivity index (χ2n) is 6.42. The van der Waals surface area contributed by atoms with Crippen LogP contribution in [0.5, 0.6) is 0 Å². The number of thioether (sulfide) groups is 1. The van der Waals surface area contributed by atoms with E-state index >= 15 is 0 Å². The van der Waals surface area contributed by atoms with Gasteiger partial charge in [0.2, 0.25) is 5.91 Å². The van der Waals surface area contributed by atoms with E-state index in [4.69, 9.17) is 0 Å². The van der Waals surface area contributed by atoms with Gasteiger partial charge in [0.05, 0.1) is 17.6 Å². The lowest BCUT2D eigenvalue weighted by Crippen LogP contribution is -2.39. The normalized spacial score (nSPS) is 15.1. The molecule has 1 aromatic carbocycles. The van der Waals surface area contributed by atoms with E-state index in [9.17, 15) is 4.79 Å². The van der Waals surface area contributed by atoms with Gasteiger partial charge in [-0.15, -0.1) is 11.8 Å². The van der Waals surface area contributed by atoms with Crippen molar-refractivity contribution in [1.82, 2.24) is 10.3 Å². The van der Waals surface area contributed by atoms with Crippen molar-refractivity contribution in [2.75, 3.05) is 30.3 Å². The molecule has 25 heavy (non-hydrogen) atoms. The van der Waals surface area contributed by atoms with Crippen LogP contribution in [-0.2, 0) is 10.5 Å². The Balaban J connectivity index is 1.31. The van der Waals surface area contributed by atoms with Gasteiger partial charge in [-0.3, -0.25) is 9.78 Å². The average molecular weight is 356 g/mol. The number of carbonyl (C=O) groups is 1. The second kappa shape index (κ2) is 9.47. The molecule has 1 amide bonds. The molecule has 0 saturated carbocycles. The Labute approximate surface area is 154 Å². The molecule has 0 spiro atoms. The first-order valence-electron chi connectivity index (χ1n) is 8.84. The van der Waals surface area contributed by atoms with E-state index in [-0.39, 0.29) is 5.91 Å². The third kappa shape index (κ3) is 5.78. The second-order valence-corrected chi connectivity index (χ2v) is 7.41. The van der Waals surface area contributed by atoms with E-state index in [1.165, 1.54) is 11.3 Å². The molecule has 3 rings (SSSR count). The van der Waals surface area contributed by atoms with Crippen LogP contribution < -0.4 is 10.2 Å². The molecule has 1 aliphatic rings. The lowest BCUT2D eigenvalue weighted by molar-refractivity contribution is -0.118. The lowest BCUT2D eigenvalue weighted by atomic mass is 9.96. The zero-order valence-electron chi connectivity index (χ0n) is 14.4. The van der Waals surface area contributed by atoms with Crippen molar-refractivity contribution in [1.29, 1.82) is 0 Å². The topological polar surface area (TPSA) is 45.2 Å². The molecule has 132 valence electrons. The number of rotatable bonds is 7. The minimum Gasteiger partial charge on any atom is -0.370 e. The molecule has 0 atom stereocenters. The van der Waals surface area contributed by atoms with E-state index in [0.29, 0.717) is 11.7 Å². The Hall–Kier alpha value is -2.01. The van der Waals surface area contributed by atoms with Crippen molar-refractivity contribution in [2.24, 2.45) is 5.92 Å². The number of carbonyl (C=O) groups excluding carboxylic acids is 1. The molecule has 0 radical (unpaired) electrons. The number of nitrogens with one attached hydrogen (secondary N) is 1. The predicted octanol–water partition coefficient (Wildman–Crippen LogP) is 3.35. The van der Waals surface area contributed by atoms with E-state index in [1.807, 2.05) is 36.7 Å². The van der Waals surface area contributed by atoms with Crippen LogP contribution in [0.2, 0.25) is 0 Å². The molecule has 1 N–H and O–H groups in total. The Morgan fingerprint density at radius 2 is 1.96 bits per heavy atom. The average Bonchev–Trinajstić information content (AvgIpc) is 2.68. The maximum atomic E-state index is 12.0. The van der Waals surface area contributed by atoms with Crippen LogP contribution in [0.1, 0.15) is 18.4 Å². The molecule has 1 saturated heterocycles. The maximum absolute atomic E-state index is 12.0. The Kier molecular flexibility index (Phi) is 6.74. The van der Waals surface area contributed by atoms with Crippen LogP contribution in [0.15, 0.2) is 54.9 Å².